The second kappa shape index (κ2) is 5.73. The van der Waals surface area contributed by atoms with Gasteiger partial charge in [-0.05, 0) is 56.9 Å². The molecule has 0 aromatic heterocycles. The quantitative estimate of drug-likeness (QED) is 0.759. The average molecular weight is 308 g/mol. The number of para-hydroxylation sites is 1. The number of urea groups is 1. The molecular formula is C20H24N2O. The molecule has 1 atom stereocenters. The molecule has 2 aromatic carbocycles. The summed E-state index contributed by atoms with van der Waals surface area (Å²) in [5, 5.41) is 3.02. The molecule has 0 unspecified atom stereocenters. The summed E-state index contributed by atoms with van der Waals surface area (Å²) in [4.78, 5) is 14.9. The number of aryl methyl sites for hydroxylation is 1. The minimum Gasteiger partial charge on any atom is -0.308 e. The first-order chi connectivity index (χ1) is 10.9. The third-order valence-electron chi connectivity index (χ3n) is 4.59. The number of hydrogen-bond donors (Lipinski definition) is 1. The van der Waals surface area contributed by atoms with Gasteiger partial charge >= 0.3 is 6.03 Å². The van der Waals surface area contributed by atoms with Crippen molar-refractivity contribution in [1.82, 2.24) is 0 Å². The summed E-state index contributed by atoms with van der Waals surface area (Å²) < 4.78 is 0. The molecular weight excluding hydrogens is 284 g/mol. The Morgan fingerprint density at radius 2 is 1.87 bits per heavy atom. The van der Waals surface area contributed by atoms with E-state index in [1.807, 2.05) is 35.2 Å². The van der Waals surface area contributed by atoms with Crippen LogP contribution in [0.2, 0.25) is 0 Å². The lowest BCUT2D eigenvalue weighted by atomic mass is 9.80. The summed E-state index contributed by atoms with van der Waals surface area (Å²) in [6.07, 6.45) is 0.950. The van der Waals surface area contributed by atoms with Gasteiger partial charge in [-0.1, -0.05) is 42.8 Å². The van der Waals surface area contributed by atoms with E-state index in [0.717, 1.165) is 17.8 Å². The molecule has 2 aromatic rings. The van der Waals surface area contributed by atoms with Gasteiger partial charge < -0.3 is 5.32 Å². The molecule has 3 heteroatoms. The number of benzene rings is 2. The van der Waals surface area contributed by atoms with Crippen LogP contribution >= 0.6 is 0 Å². The van der Waals surface area contributed by atoms with E-state index in [9.17, 15) is 4.79 Å². The summed E-state index contributed by atoms with van der Waals surface area (Å²) in [6.45, 7) is 8.61. The van der Waals surface area contributed by atoms with E-state index in [1.165, 1.54) is 11.1 Å². The predicted molar refractivity (Wildman–Crippen MR) is 96.2 cm³/mol. The maximum atomic E-state index is 13.0. The van der Waals surface area contributed by atoms with Gasteiger partial charge in [0.05, 0.1) is 0 Å². The van der Waals surface area contributed by atoms with Crippen LogP contribution in [0.4, 0.5) is 16.2 Å². The largest absolute Gasteiger partial charge is 0.326 e. The molecule has 1 N–H and O–H groups in total. The van der Waals surface area contributed by atoms with Crippen molar-refractivity contribution in [3.63, 3.8) is 0 Å². The number of fused-ring (bicyclic) bond motifs is 1. The fourth-order valence-corrected chi connectivity index (χ4v) is 3.63. The van der Waals surface area contributed by atoms with E-state index in [2.05, 4.69) is 51.2 Å². The highest BCUT2D eigenvalue weighted by Crippen LogP contribution is 2.43. The van der Waals surface area contributed by atoms with Crippen molar-refractivity contribution < 1.29 is 4.79 Å². The van der Waals surface area contributed by atoms with Crippen molar-refractivity contribution in [2.75, 3.05) is 10.2 Å². The number of anilines is 2. The molecule has 0 saturated carbocycles. The molecule has 0 spiro atoms. The monoisotopic (exact) mass is 308 g/mol. The van der Waals surface area contributed by atoms with Gasteiger partial charge in [-0.15, -0.1) is 0 Å². The smallest absolute Gasteiger partial charge is 0.308 e. The first kappa shape index (κ1) is 15.6. The van der Waals surface area contributed by atoms with Crippen LogP contribution < -0.4 is 10.2 Å². The predicted octanol–water partition coefficient (Wildman–Crippen LogP) is 5.32. The minimum atomic E-state index is -0.222. The van der Waals surface area contributed by atoms with Crippen molar-refractivity contribution in [2.24, 2.45) is 0 Å². The Morgan fingerprint density at radius 3 is 2.57 bits per heavy atom. The van der Waals surface area contributed by atoms with Crippen LogP contribution in [0, 0.1) is 6.92 Å². The maximum absolute atomic E-state index is 13.0. The number of carbonyl (C=O) groups is 1. The maximum Gasteiger partial charge on any atom is 0.326 e. The third kappa shape index (κ3) is 2.96. The fourth-order valence-electron chi connectivity index (χ4n) is 3.63. The van der Waals surface area contributed by atoms with Crippen LogP contribution in [0.3, 0.4) is 0 Å². The average Bonchev–Trinajstić information content (AvgIpc) is 2.48. The highest BCUT2D eigenvalue weighted by Gasteiger charge is 2.39. The Labute approximate surface area is 138 Å². The summed E-state index contributed by atoms with van der Waals surface area (Å²) in [7, 11) is 0. The zero-order valence-electron chi connectivity index (χ0n) is 14.3. The second-order valence-electron chi connectivity index (χ2n) is 7.11. The Kier molecular flexibility index (Phi) is 3.88. The summed E-state index contributed by atoms with van der Waals surface area (Å²) in [6, 6.07) is 15.9. The standard InChI is InChI=1S/C20H24N2O/c1-14-10-11-18-17(12-14)15(2)13-20(3,4)22(18)19(23)21-16-8-6-5-7-9-16/h5-12,15H,13H2,1-4H3,(H,21,23)/t15-/m1/s1. The Hall–Kier alpha value is -2.29. The van der Waals surface area contributed by atoms with Gasteiger partial charge in [0.25, 0.3) is 0 Å². The summed E-state index contributed by atoms with van der Waals surface area (Å²) in [5.41, 5.74) is 4.11. The lowest BCUT2D eigenvalue weighted by Gasteiger charge is -2.45. The lowest BCUT2D eigenvalue weighted by molar-refractivity contribution is 0.247. The molecule has 0 aliphatic carbocycles. The van der Waals surface area contributed by atoms with E-state index in [1.54, 1.807) is 0 Å². The van der Waals surface area contributed by atoms with Crippen molar-refractivity contribution in [3.05, 3.63) is 59.7 Å². The molecule has 2 amide bonds. The molecule has 0 radical (unpaired) electrons. The second-order valence-corrected chi connectivity index (χ2v) is 7.11. The number of rotatable bonds is 1. The summed E-state index contributed by atoms with van der Waals surface area (Å²) >= 11 is 0. The fraction of sp³-hybridized carbons (Fsp3) is 0.350. The van der Waals surface area contributed by atoms with Crippen LogP contribution in [-0.4, -0.2) is 11.6 Å². The first-order valence-corrected chi connectivity index (χ1v) is 8.15. The molecule has 23 heavy (non-hydrogen) atoms. The van der Waals surface area contributed by atoms with E-state index >= 15 is 0 Å². The molecule has 0 fully saturated rings. The van der Waals surface area contributed by atoms with Gasteiger partial charge in [0, 0.05) is 16.9 Å². The van der Waals surface area contributed by atoms with E-state index in [4.69, 9.17) is 0 Å². The number of nitrogens with one attached hydrogen (secondary N) is 1. The van der Waals surface area contributed by atoms with Crippen molar-refractivity contribution >= 4 is 17.4 Å². The molecule has 1 heterocycles. The highest BCUT2D eigenvalue weighted by atomic mass is 16.2. The van der Waals surface area contributed by atoms with Crippen LogP contribution in [0.1, 0.15) is 44.2 Å². The van der Waals surface area contributed by atoms with Crippen molar-refractivity contribution in [3.8, 4) is 0 Å². The molecule has 120 valence electrons. The Balaban J connectivity index is 1.99. The Bertz CT molecular complexity index is 722. The summed E-state index contributed by atoms with van der Waals surface area (Å²) in [5.74, 6) is 0.445. The highest BCUT2D eigenvalue weighted by molar-refractivity contribution is 6.03. The molecule has 1 aliphatic rings. The van der Waals surface area contributed by atoms with Crippen LogP contribution in [0.5, 0.6) is 0 Å². The van der Waals surface area contributed by atoms with E-state index in [0.29, 0.717) is 5.92 Å². The first-order valence-electron chi connectivity index (χ1n) is 8.15. The van der Waals surface area contributed by atoms with Crippen molar-refractivity contribution in [2.45, 2.75) is 45.6 Å². The molecule has 1 aliphatic heterocycles. The third-order valence-corrected chi connectivity index (χ3v) is 4.59. The normalized spacial score (nSPS) is 19.1. The van der Waals surface area contributed by atoms with E-state index in [-0.39, 0.29) is 11.6 Å². The molecule has 3 nitrogen and oxygen atoms in total. The molecule has 3 rings (SSSR count). The topological polar surface area (TPSA) is 32.3 Å². The molecule has 0 bridgehead atoms. The van der Waals surface area contributed by atoms with Crippen molar-refractivity contribution in [1.29, 1.82) is 0 Å². The van der Waals surface area contributed by atoms with Crippen LogP contribution in [0.25, 0.3) is 0 Å². The van der Waals surface area contributed by atoms with Gasteiger partial charge in [0.2, 0.25) is 0 Å². The van der Waals surface area contributed by atoms with Crippen LogP contribution in [-0.2, 0) is 0 Å². The molecule has 0 saturated heterocycles. The van der Waals surface area contributed by atoms with Gasteiger partial charge in [-0.25, -0.2) is 4.79 Å². The van der Waals surface area contributed by atoms with Gasteiger partial charge in [-0.3, -0.25) is 4.90 Å². The lowest BCUT2D eigenvalue weighted by Crippen LogP contribution is -2.53. The number of amides is 2. The zero-order chi connectivity index (χ0) is 16.6. The van der Waals surface area contributed by atoms with E-state index < -0.39 is 0 Å². The Morgan fingerprint density at radius 1 is 1.17 bits per heavy atom. The number of hydrogen-bond acceptors (Lipinski definition) is 1. The van der Waals surface area contributed by atoms with Gasteiger partial charge in [0.15, 0.2) is 0 Å². The zero-order valence-corrected chi connectivity index (χ0v) is 14.3. The SMILES string of the molecule is Cc1ccc2c(c1)[C@H](C)CC(C)(C)N2C(=O)Nc1ccccc1. The minimum absolute atomic E-state index is 0.0711. The van der Waals surface area contributed by atoms with Gasteiger partial charge in [0.1, 0.15) is 0 Å². The van der Waals surface area contributed by atoms with Crippen LogP contribution in [0.15, 0.2) is 48.5 Å². The number of nitrogens with zero attached hydrogens (tertiary/aromatic N) is 1. The number of carbonyl (C=O) groups excluding carboxylic acids is 1. The van der Waals surface area contributed by atoms with Gasteiger partial charge in [-0.2, -0.15) is 0 Å².